The molecule has 0 atom stereocenters. The Labute approximate surface area is 88.6 Å². The van der Waals surface area contributed by atoms with Crippen LogP contribution < -0.4 is 10.6 Å². The van der Waals surface area contributed by atoms with Gasteiger partial charge in [0.1, 0.15) is 0 Å². The Morgan fingerprint density at radius 3 is 2.87 bits per heavy atom. The minimum absolute atomic E-state index is 0.202. The molecule has 2 N–H and O–H groups in total. The van der Waals surface area contributed by atoms with Crippen LogP contribution in [0.1, 0.15) is 38.5 Å². The molecule has 0 radical (unpaired) electrons. The predicted octanol–water partition coefficient (Wildman–Crippen LogP) is 1.29. The third-order valence-electron chi connectivity index (χ3n) is 2.99. The van der Waals surface area contributed by atoms with Crippen LogP contribution in [0.3, 0.4) is 0 Å². The molecule has 1 aromatic rings. The summed E-state index contributed by atoms with van der Waals surface area (Å²) < 4.78 is 5.48. The van der Waals surface area contributed by atoms with Crippen molar-refractivity contribution in [3.05, 3.63) is 5.89 Å². The summed E-state index contributed by atoms with van der Waals surface area (Å²) in [4.78, 5) is 0. The van der Waals surface area contributed by atoms with Crippen molar-refractivity contribution in [3.8, 4) is 0 Å². The van der Waals surface area contributed by atoms with E-state index in [0.29, 0.717) is 24.5 Å². The Kier molecular flexibility index (Phi) is 1.95. The van der Waals surface area contributed by atoms with Crippen LogP contribution in [0.2, 0.25) is 0 Å². The van der Waals surface area contributed by atoms with E-state index >= 15 is 0 Å². The zero-order valence-corrected chi connectivity index (χ0v) is 8.92. The topological polar surface area (TPSA) is 63.0 Å². The van der Waals surface area contributed by atoms with E-state index in [2.05, 4.69) is 27.8 Å². The normalized spacial score (nSPS) is 22.7. The van der Waals surface area contributed by atoms with Crippen LogP contribution >= 0.6 is 0 Å². The van der Waals surface area contributed by atoms with Crippen LogP contribution in [-0.4, -0.2) is 21.8 Å². The molecule has 1 aromatic heterocycles. The molecule has 2 aliphatic carbocycles. The molecule has 2 fully saturated rings. The van der Waals surface area contributed by atoms with Crippen molar-refractivity contribution >= 4 is 6.01 Å². The molecule has 0 amide bonds. The van der Waals surface area contributed by atoms with Crippen molar-refractivity contribution in [2.75, 3.05) is 5.32 Å². The van der Waals surface area contributed by atoms with E-state index in [4.69, 9.17) is 4.42 Å². The second kappa shape index (κ2) is 3.20. The Morgan fingerprint density at radius 1 is 1.40 bits per heavy atom. The Bertz CT molecular complexity index is 354. The SMILES string of the molecule is CC1(Nc2nnc(CNC3CC3)o2)CC1. The summed E-state index contributed by atoms with van der Waals surface area (Å²) in [6, 6.07) is 1.23. The average Bonchev–Trinajstić information content (AvgIpc) is 3.10. The third kappa shape index (κ3) is 2.28. The van der Waals surface area contributed by atoms with Gasteiger partial charge in [-0.2, -0.15) is 0 Å². The molecule has 5 heteroatoms. The lowest BCUT2D eigenvalue weighted by Gasteiger charge is -2.06. The molecule has 2 aliphatic rings. The Hall–Kier alpha value is -1.10. The molecule has 0 aromatic carbocycles. The highest BCUT2D eigenvalue weighted by molar-refractivity contribution is 5.28. The minimum atomic E-state index is 0.202. The number of anilines is 1. The maximum atomic E-state index is 5.48. The first-order valence-electron chi connectivity index (χ1n) is 5.57. The van der Waals surface area contributed by atoms with Crippen molar-refractivity contribution in [3.63, 3.8) is 0 Å². The first-order valence-corrected chi connectivity index (χ1v) is 5.57. The molecule has 5 nitrogen and oxygen atoms in total. The highest BCUT2D eigenvalue weighted by Crippen LogP contribution is 2.37. The van der Waals surface area contributed by atoms with Crippen molar-refractivity contribution < 1.29 is 4.42 Å². The number of nitrogens with zero attached hydrogens (tertiary/aromatic N) is 2. The van der Waals surface area contributed by atoms with Crippen molar-refractivity contribution in [2.24, 2.45) is 0 Å². The summed E-state index contributed by atoms with van der Waals surface area (Å²) in [5.74, 6) is 0.675. The van der Waals surface area contributed by atoms with E-state index in [1.165, 1.54) is 25.7 Å². The number of nitrogens with one attached hydrogen (secondary N) is 2. The second-order valence-corrected chi connectivity index (χ2v) is 4.84. The molecular formula is C10H16N4O. The van der Waals surface area contributed by atoms with Gasteiger partial charge in [0, 0.05) is 11.6 Å². The van der Waals surface area contributed by atoms with Gasteiger partial charge in [0.15, 0.2) is 0 Å². The smallest absolute Gasteiger partial charge is 0.315 e. The molecule has 1 heterocycles. The Morgan fingerprint density at radius 2 is 2.20 bits per heavy atom. The summed E-state index contributed by atoms with van der Waals surface area (Å²) in [6.07, 6.45) is 4.92. The molecule has 82 valence electrons. The number of hydrogen-bond donors (Lipinski definition) is 2. The van der Waals surface area contributed by atoms with Crippen molar-refractivity contribution in [1.29, 1.82) is 0 Å². The zero-order valence-electron chi connectivity index (χ0n) is 8.92. The molecule has 2 saturated carbocycles. The van der Waals surface area contributed by atoms with E-state index in [1.54, 1.807) is 0 Å². The number of rotatable bonds is 5. The van der Waals surface area contributed by atoms with Crippen LogP contribution in [0, 0.1) is 0 Å². The molecule has 15 heavy (non-hydrogen) atoms. The van der Waals surface area contributed by atoms with E-state index in [0.717, 1.165) is 0 Å². The van der Waals surface area contributed by atoms with E-state index < -0.39 is 0 Å². The van der Waals surface area contributed by atoms with Gasteiger partial charge in [-0.3, -0.25) is 0 Å². The summed E-state index contributed by atoms with van der Waals surface area (Å²) in [6.45, 7) is 2.86. The van der Waals surface area contributed by atoms with E-state index in [1.807, 2.05) is 0 Å². The van der Waals surface area contributed by atoms with Gasteiger partial charge in [-0.1, -0.05) is 5.10 Å². The van der Waals surface area contributed by atoms with Gasteiger partial charge in [-0.05, 0) is 32.6 Å². The molecule has 0 bridgehead atoms. The zero-order chi connectivity index (χ0) is 10.3. The van der Waals surface area contributed by atoms with Crippen LogP contribution in [0.15, 0.2) is 4.42 Å². The monoisotopic (exact) mass is 208 g/mol. The van der Waals surface area contributed by atoms with Gasteiger partial charge in [0.05, 0.1) is 6.54 Å². The summed E-state index contributed by atoms with van der Waals surface area (Å²) in [7, 11) is 0. The van der Waals surface area contributed by atoms with Crippen LogP contribution in [0.5, 0.6) is 0 Å². The maximum Gasteiger partial charge on any atom is 0.315 e. The summed E-state index contributed by atoms with van der Waals surface area (Å²) in [5.41, 5.74) is 0.202. The van der Waals surface area contributed by atoms with Crippen LogP contribution in [0.25, 0.3) is 0 Å². The first kappa shape index (κ1) is 9.15. The lowest BCUT2D eigenvalue weighted by atomic mass is 10.3. The lowest BCUT2D eigenvalue weighted by molar-refractivity contribution is 0.472. The van der Waals surface area contributed by atoms with Crippen molar-refractivity contribution in [1.82, 2.24) is 15.5 Å². The summed E-state index contributed by atoms with van der Waals surface area (Å²) in [5, 5.41) is 14.5. The minimum Gasteiger partial charge on any atom is -0.407 e. The second-order valence-electron chi connectivity index (χ2n) is 4.84. The van der Waals surface area contributed by atoms with E-state index in [-0.39, 0.29) is 5.54 Å². The Balaban J connectivity index is 1.55. The molecule has 0 aliphatic heterocycles. The predicted molar refractivity (Wildman–Crippen MR) is 55.4 cm³/mol. The van der Waals surface area contributed by atoms with Gasteiger partial charge < -0.3 is 15.1 Å². The van der Waals surface area contributed by atoms with E-state index in [9.17, 15) is 0 Å². The van der Waals surface area contributed by atoms with Crippen LogP contribution in [0.4, 0.5) is 6.01 Å². The number of hydrogen-bond acceptors (Lipinski definition) is 5. The van der Waals surface area contributed by atoms with Crippen molar-refractivity contribution in [2.45, 2.75) is 50.7 Å². The standard InChI is InChI=1S/C10H16N4O/c1-10(4-5-10)12-9-14-13-8(15-9)6-11-7-2-3-7/h7,11H,2-6H2,1H3,(H,12,14). The average molecular weight is 208 g/mol. The van der Waals surface area contributed by atoms with Gasteiger partial charge in [0.2, 0.25) is 5.89 Å². The summed E-state index contributed by atoms with van der Waals surface area (Å²) >= 11 is 0. The fourth-order valence-electron chi connectivity index (χ4n) is 1.47. The van der Waals surface area contributed by atoms with Gasteiger partial charge >= 0.3 is 6.01 Å². The van der Waals surface area contributed by atoms with Gasteiger partial charge in [0.25, 0.3) is 0 Å². The molecular weight excluding hydrogens is 192 g/mol. The highest BCUT2D eigenvalue weighted by Gasteiger charge is 2.38. The number of aromatic nitrogens is 2. The molecule has 0 saturated heterocycles. The maximum absolute atomic E-state index is 5.48. The fourth-order valence-corrected chi connectivity index (χ4v) is 1.47. The van der Waals surface area contributed by atoms with Gasteiger partial charge in [-0.25, -0.2) is 0 Å². The first-order chi connectivity index (χ1) is 7.23. The highest BCUT2D eigenvalue weighted by atomic mass is 16.4. The largest absolute Gasteiger partial charge is 0.407 e. The lowest BCUT2D eigenvalue weighted by Crippen LogP contribution is -2.16. The molecule has 3 rings (SSSR count). The third-order valence-corrected chi connectivity index (χ3v) is 2.99. The van der Waals surface area contributed by atoms with Crippen LogP contribution in [-0.2, 0) is 6.54 Å². The molecule has 0 spiro atoms. The molecule has 0 unspecified atom stereocenters. The fraction of sp³-hybridized carbons (Fsp3) is 0.800. The van der Waals surface area contributed by atoms with Gasteiger partial charge in [-0.15, -0.1) is 5.10 Å². The quantitative estimate of drug-likeness (QED) is 0.763.